The van der Waals surface area contributed by atoms with Crippen LogP contribution < -0.4 is 10.6 Å². The molecule has 0 saturated carbocycles. The summed E-state index contributed by atoms with van der Waals surface area (Å²) < 4.78 is 12.7. The first kappa shape index (κ1) is 13.1. The molecule has 2 N–H and O–H groups in total. The van der Waals surface area contributed by atoms with Crippen LogP contribution in [0.4, 0.5) is 4.39 Å². The summed E-state index contributed by atoms with van der Waals surface area (Å²) in [6.45, 7) is 6.14. The molecule has 0 aliphatic heterocycles. The molecule has 1 aromatic rings. The van der Waals surface area contributed by atoms with Crippen molar-refractivity contribution in [3.8, 4) is 0 Å². The monoisotopic (exact) mass is 224 g/mol. The van der Waals surface area contributed by atoms with Gasteiger partial charge < -0.3 is 10.6 Å². The van der Waals surface area contributed by atoms with Gasteiger partial charge in [0.05, 0.1) is 0 Å². The molecular formula is C13H21FN2. The van der Waals surface area contributed by atoms with Gasteiger partial charge in [-0.1, -0.05) is 12.1 Å². The normalized spacial score (nSPS) is 11.8. The van der Waals surface area contributed by atoms with E-state index in [1.165, 1.54) is 12.1 Å². The highest BCUT2D eigenvalue weighted by Gasteiger charge is 2.12. The lowest BCUT2D eigenvalue weighted by Gasteiger charge is -2.24. The van der Waals surface area contributed by atoms with Gasteiger partial charge in [-0.25, -0.2) is 4.39 Å². The fourth-order valence-electron chi connectivity index (χ4n) is 1.37. The van der Waals surface area contributed by atoms with Crippen LogP contribution in [0.3, 0.4) is 0 Å². The fraction of sp³-hybridized carbons (Fsp3) is 0.538. The second kappa shape index (κ2) is 5.97. The Balaban J connectivity index is 2.23. The Morgan fingerprint density at radius 2 is 1.81 bits per heavy atom. The lowest BCUT2D eigenvalue weighted by molar-refractivity contribution is 0.395. The third-order valence-corrected chi connectivity index (χ3v) is 2.75. The van der Waals surface area contributed by atoms with Crippen molar-refractivity contribution < 1.29 is 4.39 Å². The molecule has 0 bridgehead atoms. The smallest absolute Gasteiger partial charge is 0.123 e. The maximum Gasteiger partial charge on any atom is 0.123 e. The second-order valence-corrected chi connectivity index (χ2v) is 4.69. The molecule has 0 aromatic heterocycles. The number of nitrogens with one attached hydrogen (secondary N) is 2. The number of likely N-dealkylation sites (N-methyl/N-ethyl adjacent to an activating group) is 1. The van der Waals surface area contributed by atoms with Gasteiger partial charge in [0.25, 0.3) is 0 Å². The summed E-state index contributed by atoms with van der Waals surface area (Å²) in [5.74, 6) is -0.173. The first-order valence-corrected chi connectivity index (χ1v) is 5.67. The van der Waals surface area contributed by atoms with Crippen molar-refractivity contribution in [1.29, 1.82) is 0 Å². The molecular weight excluding hydrogens is 203 g/mol. The Morgan fingerprint density at radius 1 is 1.19 bits per heavy atom. The Kier molecular flexibility index (Phi) is 4.90. The highest BCUT2D eigenvalue weighted by Crippen LogP contribution is 2.03. The van der Waals surface area contributed by atoms with Crippen molar-refractivity contribution in [3.05, 3.63) is 35.6 Å². The van der Waals surface area contributed by atoms with Gasteiger partial charge in [0, 0.05) is 12.1 Å². The second-order valence-electron chi connectivity index (χ2n) is 4.69. The molecule has 3 heteroatoms. The minimum atomic E-state index is -0.173. The van der Waals surface area contributed by atoms with Crippen molar-refractivity contribution in [1.82, 2.24) is 10.6 Å². The Labute approximate surface area is 97.3 Å². The van der Waals surface area contributed by atoms with E-state index < -0.39 is 0 Å². The van der Waals surface area contributed by atoms with Crippen LogP contribution in [0.2, 0.25) is 0 Å². The standard InChI is InChI=1S/C13H21FN2/c1-13(2,15-3)10-16-9-8-11-4-6-12(14)7-5-11/h4-7,15-16H,8-10H2,1-3H3. The van der Waals surface area contributed by atoms with Gasteiger partial charge in [-0.3, -0.25) is 0 Å². The van der Waals surface area contributed by atoms with Gasteiger partial charge in [0.1, 0.15) is 5.82 Å². The van der Waals surface area contributed by atoms with Crippen molar-refractivity contribution in [2.45, 2.75) is 25.8 Å². The molecule has 0 amide bonds. The molecule has 1 aromatic carbocycles. The number of halogens is 1. The van der Waals surface area contributed by atoms with Crippen LogP contribution in [0.1, 0.15) is 19.4 Å². The summed E-state index contributed by atoms with van der Waals surface area (Å²) in [4.78, 5) is 0. The molecule has 90 valence electrons. The van der Waals surface area contributed by atoms with E-state index >= 15 is 0 Å². The Hall–Kier alpha value is -0.930. The van der Waals surface area contributed by atoms with Crippen molar-refractivity contribution in [3.63, 3.8) is 0 Å². The topological polar surface area (TPSA) is 24.1 Å². The lowest BCUT2D eigenvalue weighted by Crippen LogP contribution is -2.46. The summed E-state index contributed by atoms with van der Waals surface area (Å²) in [7, 11) is 1.96. The van der Waals surface area contributed by atoms with Gasteiger partial charge in [0.2, 0.25) is 0 Å². The van der Waals surface area contributed by atoms with Gasteiger partial charge in [-0.2, -0.15) is 0 Å². The molecule has 0 atom stereocenters. The maximum atomic E-state index is 12.7. The SMILES string of the molecule is CNC(C)(C)CNCCc1ccc(F)cc1. The maximum absolute atomic E-state index is 12.7. The van der Waals surface area contributed by atoms with E-state index in [0.717, 1.165) is 25.1 Å². The average molecular weight is 224 g/mol. The van der Waals surface area contributed by atoms with E-state index in [1.54, 1.807) is 0 Å². The van der Waals surface area contributed by atoms with E-state index in [2.05, 4.69) is 24.5 Å². The summed E-state index contributed by atoms with van der Waals surface area (Å²) in [6.07, 6.45) is 0.931. The molecule has 0 spiro atoms. The highest BCUT2D eigenvalue weighted by atomic mass is 19.1. The molecule has 1 rings (SSSR count). The average Bonchev–Trinajstić information content (AvgIpc) is 2.27. The molecule has 0 fully saturated rings. The highest BCUT2D eigenvalue weighted by molar-refractivity contribution is 5.16. The molecule has 0 saturated heterocycles. The molecule has 0 radical (unpaired) electrons. The summed E-state index contributed by atoms with van der Waals surface area (Å²) in [5, 5.41) is 6.62. The minimum absolute atomic E-state index is 0.114. The van der Waals surface area contributed by atoms with Crippen LogP contribution in [0.15, 0.2) is 24.3 Å². The Morgan fingerprint density at radius 3 is 2.38 bits per heavy atom. The van der Waals surface area contributed by atoms with E-state index in [9.17, 15) is 4.39 Å². The molecule has 0 unspecified atom stereocenters. The van der Waals surface area contributed by atoms with Gasteiger partial charge in [0.15, 0.2) is 0 Å². The summed E-state index contributed by atoms with van der Waals surface area (Å²) in [5.41, 5.74) is 1.28. The zero-order valence-electron chi connectivity index (χ0n) is 10.3. The van der Waals surface area contributed by atoms with Crippen LogP contribution >= 0.6 is 0 Å². The van der Waals surface area contributed by atoms with E-state index in [1.807, 2.05) is 19.2 Å². The zero-order chi connectivity index (χ0) is 12.0. The molecule has 0 aliphatic rings. The van der Waals surface area contributed by atoms with Crippen LogP contribution in [-0.2, 0) is 6.42 Å². The van der Waals surface area contributed by atoms with E-state index in [0.29, 0.717) is 0 Å². The summed E-state index contributed by atoms with van der Waals surface area (Å²) >= 11 is 0. The van der Waals surface area contributed by atoms with E-state index in [-0.39, 0.29) is 11.4 Å². The van der Waals surface area contributed by atoms with Crippen molar-refractivity contribution in [2.24, 2.45) is 0 Å². The minimum Gasteiger partial charge on any atom is -0.315 e. The largest absolute Gasteiger partial charge is 0.315 e. The van der Waals surface area contributed by atoms with E-state index in [4.69, 9.17) is 0 Å². The first-order valence-electron chi connectivity index (χ1n) is 5.67. The molecule has 0 heterocycles. The predicted molar refractivity (Wildman–Crippen MR) is 66.1 cm³/mol. The molecule has 16 heavy (non-hydrogen) atoms. The van der Waals surface area contributed by atoms with Crippen LogP contribution in [0.25, 0.3) is 0 Å². The van der Waals surface area contributed by atoms with Gasteiger partial charge >= 0.3 is 0 Å². The van der Waals surface area contributed by atoms with Crippen LogP contribution in [-0.4, -0.2) is 25.7 Å². The van der Waals surface area contributed by atoms with Gasteiger partial charge in [-0.15, -0.1) is 0 Å². The third-order valence-electron chi connectivity index (χ3n) is 2.75. The fourth-order valence-corrected chi connectivity index (χ4v) is 1.37. The van der Waals surface area contributed by atoms with Crippen LogP contribution in [0.5, 0.6) is 0 Å². The number of hydrogen-bond acceptors (Lipinski definition) is 2. The third kappa shape index (κ3) is 4.73. The molecule has 2 nitrogen and oxygen atoms in total. The Bertz CT molecular complexity index is 306. The number of benzene rings is 1. The summed E-state index contributed by atoms with van der Waals surface area (Å²) in [6, 6.07) is 6.68. The first-order chi connectivity index (χ1) is 7.53. The van der Waals surface area contributed by atoms with Crippen LogP contribution in [0, 0.1) is 5.82 Å². The predicted octanol–water partition coefficient (Wildman–Crippen LogP) is 1.96. The lowest BCUT2D eigenvalue weighted by atomic mass is 10.1. The quantitative estimate of drug-likeness (QED) is 0.722. The zero-order valence-corrected chi connectivity index (χ0v) is 10.3. The van der Waals surface area contributed by atoms with Gasteiger partial charge in [-0.05, 0) is 51.6 Å². The number of hydrogen-bond donors (Lipinski definition) is 2. The van der Waals surface area contributed by atoms with Crippen molar-refractivity contribution in [2.75, 3.05) is 20.1 Å². The molecule has 0 aliphatic carbocycles. The van der Waals surface area contributed by atoms with Crippen molar-refractivity contribution >= 4 is 0 Å². The number of rotatable bonds is 6.